The maximum Gasteiger partial charge on any atom is 0.271 e. The Bertz CT molecular complexity index is 909. The molecule has 148 valence electrons. The first kappa shape index (κ1) is 21.0. The van der Waals surface area contributed by atoms with Gasteiger partial charge in [0.1, 0.15) is 0 Å². The van der Waals surface area contributed by atoms with Crippen molar-refractivity contribution in [1.29, 1.82) is 0 Å². The third-order valence-corrected chi connectivity index (χ3v) is 7.10. The Kier molecular flexibility index (Phi) is 6.95. The fourth-order valence-corrected chi connectivity index (χ4v) is 5.48. The van der Waals surface area contributed by atoms with Crippen molar-refractivity contribution in [2.75, 3.05) is 6.16 Å². The average Bonchev–Trinajstić information content (AvgIpc) is 2.74. The molecule has 3 aromatic carbocycles. The van der Waals surface area contributed by atoms with Gasteiger partial charge < -0.3 is 0 Å². The molecule has 1 amide bonds. The van der Waals surface area contributed by atoms with E-state index in [2.05, 4.69) is 79.8 Å². The minimum atomic E-state index is -0.622. The van der Waals surface area contributed by atoms with Gasteiger partial charge >= 0.3 is 0 Å². The van der Waals surface area contributed by atoms with Crippen LogP contribution >= 0.6 is 7.92 Å². The number of nitrogens with one attached hydrogen (secondary N) is 1. The molecule has 1 N–H and O–H groups in total. The predicted octanol–water partition coefficient (Wildman–Crippen LogP) is 4.95. The molecule has 0 heterocycles. The van der Waals surface area contributed by atoms with E-state index in [0.29, 0.717) is 5.56 Å². The quantitative estimate of drug-likeness (QED) is 0.354. The molecule has 0 aliphatic heterocycles. The van der Waals surface area contributed by atoms with E-state index in [0.717, 1.165) is 11.9 Å². The number of carbonyl (C=O) groups excluding carboxylic acids is 1. The Hall–Kier alpha value is -2.77. The van der Waals surface area contributed by atoms with Crippen LogP contribution in [0.5, 0.6) is 0 Å². The van der Waals surface area contributed by atoms with Gasteiger partial charge in [0.25, 0.3) is 5.91 Å². The molecular weight excluding hydrogens is 375 g/mol. The zero-order valence-electron chi connectivity index (χ0n) is 17.2. The minimum Gasteiger partial charge on any atom is -0.267 e. The molecule has 0 saturated heterocycles. The number of rotatable bonds is 6. The molecule has 0 fully saturated rings. The summed E-state index contributed by atoms with van der Waals surface area (Å²) >= 11 is 0. The summed E-state index contributed by atoms with van der Waals surface area (Å²) in [5, 5.41) is 7.21. The van der Waals surface area contributed by atoms with Gasteiger partial charge in [0.2, 0.25) is 0 Å². The molecular formula is C25H27N2OP. The summed E-state index contributed by atoms with van der Waals surface area (Å²) in [5.74, 6) is -0.184. The van der Waals surface area contributed by atoms with Crippen LogP contribution in [0.1, 0.15) is 31.1 Å². The number of hydrazone groups is 1. The van der Waals surface area contributed by atoms with Crippen molar-refractivity contribution < 1.29 is 4.79 Å². The van der Waals surface area contributed by atoms with Crippen molar-refractivity contribution in [2.24, 2.45) is 10.5 Å². The molecule has 0 spiro atoms. The van der Waals surface area contributed by atoms with Crippen LogP contribution in [0, 0.1) is 5.41 Å². The summed E-state index contributed by atoms with van der Waals surface area (Å²) in [5.41, 5.74) is 4.21. The number of nitrogens with zero attached hydrogens (tertiary/aromatic N) is 1. The first-order valence-electron chi connectivity index (χ1n) is 9.75. The van der Waals surface area contributed by atoms with Crippen molar-refractivity contribution in [3.63, 3.8) is 0 Å². The van der Waals surface area contributed by atoms with E-state index >= 15 is 0 Å². The lowest BCUT2D eigenvalue weighted by molar-refractivity contribution is 0.0954. The predicted molar refractivity (Wildman–Crippen MR) is 125 cm³/mol. The Balaban J connectivity index is 1.90. The number of benzene rings is 3. The number of amides is 1. The Morgan fingerprint density at radius 3 is 1.69 bits per heavy atom. The highest BCUT2D eigenvalue weighted by Crippen LogP contribution is 2.36. The first-order valence-corrected chi connectivity index (χ1v) is 11.3. The van der Waals surface area contributed by atoms with Crippen molar-refractivity contribution in [2.45, 2.75) is 20.8 Å². The molecule has 3 nitrogen and oxygen atoms in total. The highest BCUT2D eigenvalue weighted by Gasteiger charge is 2.25. The summed E-state index contributed by atoms with van der Waals surface area (Å²) in [6, 6.07) is 30.3. The van der Waals surface area contributed by atoms with Crippen LogP contribution in [0.15, 0.2) is 96.1 Å². The maximum atomic E-state index is 12.5. The largest absolute Gasteiger partial charge is 0.271 e. The standard InChI is InChI=1S/C25H27N2OP/c1-25(2,3)23(26-27-24(28)20-13-7-4-8-14-20)19-29(21-15-9-5-10-16-21)22-17-11-6-12-18-22/h4-18H,19H2,1-3H3,(H,27,28)/b26-23-. The molecule has 29 heavy (non-hydrogen) atoms. The summed E-state index contributed by atoms with van der Waals surface area (Å²) in [4.78, 5) is 12.5. The summed E-state index contributed by atoms with van der Waals surface area (Å²) in [6.07, 6.45) is 0.794. The molecule has 0 saturated carbocycles. The van der Waals surface area contributed by atoms with E-state index in [-0.39, 0.29) is 11.3 Å². The normalized spacial score (nSPS) is 12.1. The number of hydrogen-bond donors (Lipinski definition) is 1. The Labute approximate surface area is 174 Å². The molecule has 0 atom stereocenters. The van der Waals surface area contributed by atoms with Crippen LogP contribution in [0.3, 0.4) is 0 Å². The number of carbonyl (C=O) groups is 1. The lowest BCUT2D eigenvalue weighted by Crippen LogP contribution is -2.31. The monoisotopic (exact) mass is 402 g/mol. The fourth-order valence-electron chi connectivity index (χ4n) is 2.91. The molecule has 0 radical (unpaired) electrons. The van der Waals surface area contributed by atoms with Gasteiger partial charge in [-0.25, -0.2) is 5.43 Å². The van der Waals surface area contributed by atoms with Gasteiger partial charge in [-0.3, -0.25) is 4.79 Å². The van der Waals surface area contributed by atoms with Gasteiger partial charge in [-0.1, -0.05) is 99.6 Å². The van der Waals surface area contributed by atoms with Gasteiger partial charge in [0.15, 0.2) is 0 Å². The summed E-state index contributed by atoms with van der Waals surface area (Å²) in [6.45, 7) is 6.43. The molecule has 0 unspecified atom stereocenters. The second-order valence-electron chi connectivity index (χ2n) is 7.87. The van der Waals surface area contributed by atoms with Crippen molar-refractivity contribution in [3.8, 4) is 0 Å². The third-order valence-electron chi connectivity index (χ3n) is 4.64. The zero-order chi connectivity index (χ0) is 20.7. The first-order chi connectivity index (χ1) is 13.9. The highest BCUT2D eigenvalue weighted by atomic mass is 31.1. The van der Waals surface area contributed by atoms with Crippen LogP contribution in [0.4, 0.5) is 0 Å². The van der Waals surface area contributed by atoms with Gasteiger partial charge in [-0.05, 0) is 30.7 Å². The lowest BCUT2D eigenvalue weighted by Gasteiger charge is -2.26. The van der Waals surface area contributed by atoms with E-state index in [1.807, 2.05) is 30.3 Å². The average molecular weight is 402 g/mol. The van der Waals surface area contributed by atoms with Crippen molar-refractivity contribution in [1.82, 2.24) is 5.43 Å². The minimum absolute atomic E-state index is 0.159. The van der Waals surface area contributed by atoms with E-state index in [1.54, 1.807) is 12.1 Å². The number of hydrogen-bond acceptors (Lipinski definition) is 2. The SMILES string of the molecule is CC(C)(C)/C(CP(c1ccccc1)c1ccccc1)=N\NC(=O)c1ccccc1. The van der Waals surface area contributed by atoms with Crippen LogP contribution in [-0.2, 0) is 0 Å². The van der Waals surface area contributed by atoms with Crippen LogP contribution in [0.2, 0.25) is 0 Å². The van der Waals surface area contributed by atoms with Gasteiger partial charge in [-0.2, -0.15) is 5.10 Å². The van der Waals surface area contributed by atoms with Gasteiger partial charge in [-0.15, -0.1) is 0 Å². The molecule has 3 rings (SSSR count). The van der Waals surface area contributed by atoms with Crippen molar-refractivity contribution in [3.05, 3.63) is 96.6 Å². The van der Waals surface area contributed by atoms with Gasteiger partial charge in [0.05, 0.1) is 0 Å². The summed E-state index contributed by atoms with van der Waals surface area (Å²) in [7, 11) is -0.622. The lowest BCUT2D eigenvalue weighted by atomic mass is 9.91. The van der Waals surface area contributed by atoms with E-state index in [4.69, 9.17) is 0 Å². The molecule has 4 heteroatoms. The topological polar surface area (TPSA) is 41.5 Å². The van der Waals surface area contributed by atoms with Crippen LogP contribution in [0.25, 0.3) is 0 Å². The fraction of sp³-hybridized carbons (Fsp3) is 0.200. The molecule has 0 bridgehead atoms. The van der Waals surface area contributed by atoms with E-state index < -0.39 is 7.92 Å². The van der Waals surface area contributed by atoms with Crippen LogP contribution < -0.4 is 16.0 Å². The second-order valence-corrected chi connectivity index (χ2v) is 10.1. The van der Waals surface area contributed by atoms with E-state index in [1.165, 1.54) is 10.6 Å². The third kappa shape index (κ3) is 5.85. The molecule has 0 aliphatic carbocycles. The Morgan fingerprint density at radius 1 is 0.793 bits per heavy atom. The molecule has 0 aliphatic rings. The molecule has 3 aromatic rings. The van der Waals surface area contributed by atoms with Gasteiger partial charge in [0, 0.05) is 22.9 Å². The smallest absolute Gasteiger partial charge is 0.267 e. The van der Waals surface area contributed by atoms with E-state index in [9.17, 15) is 4.79 Å². The highest BCUT2D eigenvalue weighted by molar-refractivity contribution is 7.73. The Morgan fingerprint density at radius 2 is 1.24 bits per heavy atom. The molecule has 0 aromatic heterocycles. The second kappa shape index (κ2) is 9.62. The summed E-state index contributed by atoms with van der Waals surface area (Å²) < 4.78 is 0. The van der Waals surface area contributed by atoms with Crippen molar-refractivity contribution >= 4 is 30.1 Å². The zero-order valence-corrected chi connectivity index (χ0v) is 18.1. The maximum absolute atomic E-state index is 12.5. The van der Waals surface area contributed by atoms with Crippen LogP contribution in [-0.4, -0.2) is 17.8 Å².